The zero-order valence-corrected chi connectivity index (χ0v) is 13.5. The highest BCUT2D eigenvalue weighted by molar-refractivity contribution is 6.89. The number of hydrogen-bond donors (Lipinski definition) is 0. The van der Waals surface area contributed by atoms with Gasteiger partial charge in [0, 0.05) is 0 Å². The van der Waals surface area contributed by atoms with E-state index in [-0.39, 0.29) is 0 Å². The highest BCUT2D eigenvalue weighted by Gasteiger charge is 2.30. The van der Waals surface area contributed by atoms with Crippen LogP contribution in [-0.2, 0) is 0 Å². The lowest BCUT2D eigenvalue weighted by Crippen LogP contribution is -2.35. The molecular weight excluding hydrogens is 212 g/mol. The summed E-state index contributed by atoms with van der Waals surface area (Å²) in [6, 6.07) is 0. The fourth-order valence-corrected chi connectivity index (χ4v) is 8.11. The fraction of sp³-hybridized carbons (Fsp3) is 0.692. The molecule has 0 atom stereocenters. The van der Waals surface area contributed by atoms with Crippen LogP contribution in [0.3, 0.4) is 0 Å². The van der Waals surface area contributed by atoms with Gasteiger partial charge in [0.1, 0.15) is 0 Å². The maximum Gasteiger partial charge on any atom is 0.0723 e. The molecule has 0 N–H and O–H groups in total. The van der Waals surface area contributed by atoms with Gasteiger partial charge in [-0.1, -0.05) is 61.3 Å². The summed E-state index contributed by atoms with van der Waals surface area (Å²) in [5.74, 6) is 0. The molecule has 0 aliphatic heterocycles. The molecule has 0 aromatic carbocycles. The molecule has 0 saturated carbocycles. The highest BCUT2D eigenvalue weighted by Crippen LogP contribution is 2.35. The maximum atomic E-state index is 2.50. The van der Waals surface area contributed by atoms with Gasteiger partial charge in [-0.2, -0.15) is 0 Å². The third-order valence-electron chi connectivity index (χ3n) is 3.29. The van der Waals surface area contributed by atoms with E-state index in [1.807, 2.05) is 10.4 Å². The average Bonchev–Trinajstić information content (AvgIpc) is 2.00. The Bertz CT molecular complexity index is 308. The van der Waals surface area contributed by atoms with Gasteiger partial charge in [0.05, 0.1) is 16.1 Å². The minimum Gasteiger partial charge on any atom is -0.0816 e. The van der Waals surface area contributed by atoms with Crippen molar-refractivity contribution in [3.8, 4) is 0 Å². The van der Waals surface area contributed by atoms with Crippen molar-refractivity contribution in [2.24, 2.45) is 0 Å². The van der Waals surface area contributed by atoms with Gasteiger partial charge in [-0.05, 0) is 19.8 Å². The monoisotopic (exact) mass is 238 g/mol. The molecule has 0 spiro atoms. The summed E-state index contributed by atoms with van der Waals surface area (Å²) in [4.78, 5) is 0. The van der Waals surface area contributed by atoms with E-state index in [9.17, 15) is 0 Å². The molecule has 86 valence electrons. The lowest BCUT2D eigenvalue weighted by atomic mass is 10.1. The molecule has 0 bridgehead atoms. The minimum atomic E-state index is -1.10. The Balaban J connectivity index is 3.16. The fourth-order valence-electron chi connectivity index (χ4n) is 2.33. The first-order valence-corrected chi connectivity index (χ1v) is 13.0. The molecule has 0 unspecified atom stereocenters. The summed E-state index contributed by atoms with van der Waals surface area (Å²) in [5.41, 5.74) is 1.59. The van der Waals surface area contributed by atoms with E-state index in [1.165, 1.54) is 12.8 Å². The Morgan fingerprint density at radius 1 is 0.867 bits per heavy atom. The Morgan fingerprint density at radius 2 is 1.33 bits per heavy atom. The lowest BCUT2D eigenvalue weighted by molar-refractivity contribution is 1.05. The second-order valence-electron chi connectivity index (χ2n) is 6.89. The van der Waals surface area contributed by atoms with Crippen LogP contribution in [0.2, 0.25) is 39.3 Å². The molecule has 1 aliphatic carbocycles. The van der Waals surface area contributed by atoms with E-state index in [2.05, 4.69) is 52.3 Å². The lowest BCUT2D eigenvalue weighted by Gasteiger charge is -2.34. The molecule has 15 heavy (non-hydrogen) atoms. The molecule has 0 amide bonds. The van der Waals surface area contributed by atoms with Crippen LogP contribution in [0.5, 0.6) is 0 Å². The molecule has 2 heteroatoms. The second-order valence-corrected chi connectivity index (χ2v) is 17.1. The van der Waals surface area contributed by atoms with Gasteiger partial charge < -0.3 is 0 Å². The van der Waals surface area contributed by atoms with Crippen molar-refractivity contribution < 1.29 is 0 Å². The Kier molecular flexibility index (Phi) is 3.51. The molecule has 0 heterocycles. The topological polar surface area (TPSA) is 0 Å². The summed E-state index contributed by atoms with van der Waals surface area (Å²) in [5, 5.41) is 3.72. The summed E-state index contributed by atoms with van der Waals surface area (Å²) < 4.78 is 0. The molecule has 0 fully saturated rings. The highest BCUT2D eigenvalue weighted by atomic mass is 28.3. The van der Waals surface area contributed by atoms with Crippen molar-refractivity contribution in [1.82, 2.24) is 0 Å². The Labute approximate surface area is 97.5 Å². The molecule has 0 aromatic heterocycles. The Morgan fingerprint density at radius 3 is 1.73 bits per heavy atom. The first kappa shape index (κ1) is 13.0. The molecule has 0 nitrogen and oxygen atoms in total. The Hall–Kier alpha value is -0.0862. The van der Waals surface area contributed by atoms with Crippen molar-refractivity contribution in [1.29, 1.82) is 0 Å². The second kappa shape index (κ2) is 4.06. The number of rotatable bonds is 2. The van der Waals surface area contributed by atoms with E-state index < -0.39 is 16.1 Å². The summed E-state index contributed by atoms with van der Waals surface area (Å²) in [7, 11) is -2.19. The minimum absolute atomic E-state index is 1.09. The van der Waals surface area contributed by atoms with Crippen molar-refractivity contribution in [3.63, 3.8) is 0 Å². The first-order chi connectivity index (χ1) is 6.62. The largest absolute Gasteiger partial charge is 0.0816 e. The van der Waals surface area contributed by atoms with Crippen molar-refractivity contribution >= 4 is 16.1 Å². The van der Waals surface area contributed by atoms with Crippen molar-refractivity contribution in [3.05, 3.63) is 22.0 Å². The third-order valence-corrected chi connectivity index (χ3v) is 8.14. The SMILES string of the molecule is CC1=CCC([Si](C)(C)C)=C([Si](C)(C)C)C1. The normalized spacial score (nSPS) is 19.3. The van der Waals surface area contributed by atoms with E-state index in [4.69, 9.17) is 0 Å². The zero-order valence-electron chi connectivity index (χ0n) is 11.5. The van der Waals surface area contributed by atoms with Crippen molar-refractivity contribution in [2.45, 2.75) is 59.0 Å². The number of hydrogen-bond acceptors (Lipinski definition) is 0. The van der Waals surface area contributed by atoms with Gasteiger partial charge in [0.2, 0.25) is 0 Å². The van der Waals surface area contributed by atoms with Crippen LogP contribution >= 0.6 is 0 Å². The van der Waals surface area contributed by atoms with Gasteiger partial charge in [-0.15, -0.1) is 0 Å². The molecule has 0 radical (unpaired) electrons. The third kappa shape index (κ3) is 3.18. The maximum absolute atomic E-state index is 2.50. The van der Waals surface area contributed by atoms with Crippen LogP contribution in [0.4, 0.5) is 0 Å². The predicted molar refractivity (Wildman–Crippen MR) is 76.7 cm³/mol. The van der Waals surface area contributed by atoms with Crippen LogP contribution in [0.25, 0.3) is 0 Å². The first-order valence-electron chi connectivity index (χ1n) is 6.01. The molecule has 1 rings (SSSR count). The van der Waals surface area contributed by atoms with Crippen LogP contribution in [0.1, 0.15) is 19.8 Å². The van der Waals surface area contributed by atoms with E-state index in [1.54, 1.807) is 5.57 Å². The van der Waals surface area contributed by atoms with Crippen LogP contribution < -0.4 is 0 Å². The quantitative estimate of drug-likeness (QED) is 0.480. The molecule has 0 saturated heterocycles. The van der Waals surface area contributed by atoms with E-state index >= 15 is 0 Å². The molecule has 0 aromatic rings. The van der Waals surface area contributed by atoms with Gasteiger partial charge in [-0.25, -0.2) is 0 Å². The summed E-state index contributed by atoms with van der Waals surface area (Å²) in [6.07, 6.45) is 4.98. The van der Waals surface area contributed by atoms with Crippen LogP contribution in [0, 0.1) is 0 Å². The van der Waals surface area contributed by atoms with Crippen LogP contribution in [0.15, 0.2) is 22.0 Å². The molecule has 1 aliphatic rings. The van der Waals surface area contributed by atoms with Gasteiger partial charge in [-0.3, -0.25) is 0 Å². The average molecular weight is 239 g/mol. The number of allylic oxidation sites excluding steroid dienone is 4. The van der Waals surface area contributed by atoms with E-state index in [0.717, 1.165) is 0 Å². The van der Waals surface area contributed by atoms with E-state index in [0.29, 0.717) is 0 Å². The van der Waals surface area contributed by atoms with Crippen molar-refractivity contribution in [2.75, 3.05) is 0 Å². The molecular formula is C13H26Si2. The standard InChI is InChI=1S/C13H26Si2/c1-11-8-9-12(14(2,3)4)13(10-11)15(5,6)7/h8H,9-10H2,1-7H3. The zero-order chi connectivity index (χ0) is 11.9. The smallest absolute Gasteiger partial charge is 0.0723 e. The predicted octanol–water partition coefficient (Wildman–Crippen LogP) is 4.78. The summed E-state index contributed by atoms with van der Waals surface area (Å²) >= 11 is 0. The summed E-state index contributed by atoms with van der Waals surface area (Å²) in [6.45, 7) is 17.3. The van der Waals surface area contributed by atoms with Crippen LogP contribution in [-0.4, -0.2) is 16.1 Å². The van der Waals surface area contributed by atoms with Gasteiger partial charge in [0.15, 0.2) is 0 Å². The van der Waals surface area contributed by atoms with Gasteiger partial charge >= 0.3 is 0 Å². The van der Waals surface area contributed by atoms with Gasteiger partial charge in [0.25, 0.3) is 0 Å².